The third kappa shape index (κ3) is 5.08. The smallest absolute Gasteiger partial charge is 0.268 e. The number of hydrogen-bond acceptors (Lipinski definition) is 5. The minimum Gasteiger partial charge on any atom is -0.268 e. The highest BCUT2D eigenvalue weighted by Gasteiger charge is 2.09. The quantitative estimate of drug-likeness (QED) is 0.370. The van der Waals surface area contributed by atoms with Gasteiger partial charge in [0, 0.05) is 22.8 Å². The summed E-state index contributed by atoms with van der Waals surface area (Å²) in [4.78, 5) is 22.3. The molecule has 1 heterocycles. The molecule has 0 aliphatic rings. The van der Waals surface area contributed by atoms with Crippen LogP contribution in [0.1, 0.15) is 21.6 Å². The van der Waals surface area contributed by atoms with Crippen molar-refractivity contribution >= 4 is 33.7 Å². The first-order valence-corrected chi connectivity index (χ1v) is 8.66. The van der Waals surface area contributed by atoms with Gasteiger partial charge in [-0.2, -0.15) is 10.2 Å². The van der Waals surface area contributed by atoms with Crippen molar-refractivity contribution < 1.29 is 9.72 Å². The fraction of sp³-hybridized carbons (Fsp3) is 0.0556. The van der Waals surface area contributed by atoms with Crippen LogP contribution in [0.3, 0.4) is 0 Å². The topological polar surface area (TPSA) is 102 Å². The minimum absolute atomic E-state index is 0.0305. The summed E-state index contributed by atoms with van der Waals surface area (Å²) in [6.45, 7) is 0.396. The van der Waals surface area contributed by atoms with Crippen LogP contribution in [0, 0.1) is 10.1 Å². The van der Waals surface area contributed by atoms with Crippen LogP contribution in [-0.2, 0) is 6.54 Å². The average molecular weight is 428 g/mol. The highest BCUT2D eigenvalue weighted by atomic mass is 79.9. The Morgan fingerprint density at radius 1 is 1.19 bits per heavy atom. The second kappa shape index (κ2) is 8.37. The summed E-state index contributed by atoms with van der Waals surface area (Å²) < 4.78 is 2.54. The number of aromatic nitrogens is 2. The fourth-order valence-electron chi connectivity index (χ4n) is 2.25. The molecule has 0 radical (unpaired) electrons. The van der Waals surface area contributed by atoms with Gasteiger partial charge in [0.15, 0.2) is 5.69 Å². The van der Waals surface area contributed by atoms with Crippen LogP contribution >= 0.6 is 15.9 Å². The summed E-state index contributed by atoms with van der Waals surface area (Å²) in [5.41, 5.74) is 4.37. The van der Waals surface area contributed by atoms with Crippen LogP contribution in [0.5, 0.6) is 0 Å². The lowest BCUT2D eigenvalue weighted by molar-refractivity contribution is -0.384. The van der Waals surface area contributed by atoms with E-state index in [4.69, 9.17) is 0 Å². The molecule has 0 aliphatic carbocycles. The van der Waals surface area contributed by atoms with Crippen molar-refractivity contribution in [3.05, 3.63) is 92.2 Å². The molecule has 3 rings (SSSR count). The zero-order chi connectivity index (χ0) is 19.2. The first-order valence-electron chi connectivity index (χ1n) is 7.87. The van der Waals surface area contributed by atoms with E-state index in [9.17, 15) is 14.9 Å². The van der Waals surface area contributed by atoms with Gasteiger partial charge in [0.25, 0.3) is 11.6 Å². The van der Waals surface area contributed by atoms with Gasteiger partial charge in [0.05, 0.1) is 17.7 Å². The summed E-state index contributed by atoms with van der Waals surface area (Å²) in [7, 11) is 0. The number of hydrogen-bond donors (Lipinski definition) is 1. The lowest BCUT2D eigenvalue weighted by atomic mass is 10.2. The van der Waals surface area contributed by atoms with E-state index in [2.05, 4.69) is 31.6 Å². The number of halogens is 1. The number of amides is 1. The summed E-state index contributed by atoms with van der Waals surface area (Å²) in [5, 5.41) is 18.8. The third-order valence-electron chi connectivity index (χ3n) is 3.61. The van der Waals surface area contributed by atoms with Gasteiger partial charge in [-0.3, -0.25) is 19.6 Å². The van der Waals surface area contributed by atoms with Crippen molar-refractivity contribution in [2.24, 2.45) is 5.10 Å². The maximum atomic E-state index is 12.1. The minimum atomic E-state index is -0.449. The number of rotatable bonds is 6. The van der Waals surface area contributed by atoms with Crippen molar-refractivity contribution in [2.75, 3.05) is 0 Å². The number of carbonyl (C=O) groups excluding carboxylic acids is 1. The maximum Gasteiger partial charge on any atom is 0.291 e. The van der Waals surface area contributed by atoms with Crippen molar-refractivity contribution in [3.8, 4) is 0 Å². The molecule has 9 heteroatoms. The number of nitrogens with zero attached hydrogens (tertiary/aromatic N) is 4. The van der Waals surface area contributed by atoms with Gasteiger partial charge in [0.2, 0.25) is 0 Å². The van der Waals surface area contributed by atoms with Crippen molar-refractivity contribution in [1.82, 2.24) is 15.2 Å². The Bertz CT molecular complexity index is 981. The van der Waals surface area contributed by atoms with Gasteiger partial charge in [-0.05, 0) is 29.3 Å². The highest BCUT2D eigenvalue weighted by Crippen LogP contribution is 2.13. The lowest BCUT2D eigenvalue weighted by Gasteiger charge is -2.01. The number of non-ortho nitro benzene ring substituents is 1. The SMILES string of the molecule is O=C(NN=Cc1ccc(Br)cc1)c1ccn(Cc2ccc([N+](=O)[O-])cc2)n1. The standard InChI is InChI=1S/C18H14BrN5O3/c19-15-5-1-13(2-6-15)11-20-21-18(25)17-9-10-23(22-17)12-14-3-7-16(8-4-14)24(26)27/h1-11H,12H2,(H,21,25). The number of carbonyl (C=O) groups is 1. The van der Waals surface area contributed by atoms with E-state index in [1.165, 1.54) is 18.3 Å². The molecular formula is C18H14BrN5O3. The van der Waals surface area contributed by atoms with Gasteiger partial charge in [0.1, 0.15) is 0 Å². The van der Waals surface area contributed by atoms with E-state index in [1.54, 1.807) is 29.1 Å². The number of benzene rings is 2. The maximum absolute atomic E-state index is 12.1. The predicted molar refractivity (Wildman–Crippen MR) is 104 cm³/mol. The molecule has 27 heavy (non-hydrogen) atoms. The van der Waals surface area contributed by atoms with E-state index in [1.807, 2.05) is 24.3 Å². The average Bonchev–Trinajstić information content (AvgIpc) is 3.12. The second-order valence-corrected chi connectivity index (χ2v) is 6.49. The van der Waals surface area contributed by atoms with Crippen molar-refractivity contribution in [2.45, 2.75) is 6.54 Å². The van der Waals surface area contributed by atoms with Crippen LogP contribution in [0.25, 0.3) is 0 Å². The third-order valence-corrected chi connectivity index (χ3v) is 4.14. The lowest BCUT2D eigenvalue weighted by Crippen LogP contribution is -2.18. The molecule has 0 bridgehead atoms. The molecule has 0 saturated heterocycles. The Balaban J connectivity index is 1.58. The van der Waals surface area contributed by atoms with Crippen LogP contribution in [0.4, 0.5) is 5.69 Å². The molecule has 1 N–H and O–H groups in total. The Kier molecular flexibility index (Phi) is 5.72. The molecule has 0 atom stereocenters. The first kappa shape index (κ1) is 18.5. The Hall–Kier alpha value is -3.33. The Morgan fingerprint density at radius 2 is 1.89 bits per heavy atom. The molecule has 0 saturated carbocycles. The van der Waals surface area contributed by atoms with E-state index in [0.29, 0.717) is 6.54 Å². The summed E-state index contributed by atoms with van der Waals surface area (Å²) in [5.74, 6) is -0.425. The van der Waals surface area contributed by atoms with E-state index < -0.39 is 10.8 Å². The number of hydrazone groups is 1. The summed E-state index contributed by atoms with van der Waals surface area (Å²) >= 11 is 3.35. The largest absolute Gasteiger partial charge is 0.291 e. The van der Waals surface area contributed by atoms with Crippen LogP contribution in [-0.4, -0.2) is 26.8 Å². The molecule has 0 fully saturated rings. The monoisotopic (exact) mass is 427 g/mol. The first-order chi connectivity index (χ1) is 13.0. The van der Waals surface area contributed by atoms with Gasteiger partial charge in [-0.1, -0.05) is 40.2 Å². The van der Waals surface area contributed by atoms with Gasteiger partial charge in [-0.25, -0.2) is 5.43 Å². The molecule has 0 unspecified atom stereocenters. The molecule has 0 aliphatic heterocycles. The number of nitrogens with one attached hydrogen (secondary N) is 1. The molecule has 8 nitrogen and oxygen atoms in total. The van der Waals surface area contributed by atoms with Crippen molar-refractivity contribution in [3.63, 3.8) is 0 Å². The number of nitro benzene ring substituents is 1. The van der Waals surface area contributed by atoms with Crippen LogP contribution in [0.15, 0.2) is 70.4 Å². The van der Waals surface area contributed by atoms with Crippen LogP contribution in [0.2, 0.25) is 0 Å². The number of nitro groups is 1. The normalized spacial score (nSPS) is 10.9. The molecule has 0 spiro atoms. The van der Waals surface area contributed by atoms with Gasteiger partial charge in [-0.15, -0.1) is 0 Å². The molecule has 1 amide bonds. The Morgan fingerprint density at radius 3 is 2.56 bits per heavy atom. The highest BCUT2D eigenvalue weighted by molar-refractivity contribution is 9.10. The summed E-state index contributed by atoms with van der Waals surface area (Å²) in [6, 6.07) is 15.2. The molecule has 3 aromatic rings. The second-order valence-electron chi connectivity index (χ2n) is 5.57. The van der Waals surface area contributed by atoms with E-state index >= 15 is 0 Å². The molecule has 1 aromatic heterocycles. The van der Waals surface area contributed by atoms with E-state index in [-0.39, 0.29) is 11.4 Å². The van der Waals surface area contributed by atoms with Gasteiger partial charge < -0.3 is 0 Å². The van der Waals surface area contributed by atoms with Crippen molar-refractivity contribution in [1.29, 1.82) is 0 Å². The van der Waals surface area contributed by atoms with Gasteiger partial charge >= 0.3 is 0 Å². The summed E-state index contributed by atoms with van der Waals surface area (Å²) in [6.07, 6.45) is 3.20. The predicted octanol–water partition coefficient (Wildman–Crippen LogP) is 3.37. The van der Waals surface area contributed by atoms with Crippen LogP contribution < -0.4 is 5.43 Å². The molecule has 2 aromatic carbocycles. The molecule has 136 valence electrons. The fourth-order valence-corrected chi connectivity index (χ4v) is 2.52. The Labute approximate surface area is 162 Å². The zero-order valence-corrected chi connectivity index (χ0v) is 15.5. The van der Waals surface area contributed by atoms with E-state index in [0.717, 1.165) is 15.6 Å². The zero-order valence-electron chi connectivity index (χ0n) is 13.9. The molecular weight excluding hydrogens is 414 g/mol.